The molecule has 0 aromatic heterocycles. The summed E-state index contributed by atoms with van der Waals surface area (Å²) in [7, 11) is 3.11. The Morgan fingerprint density at radius 1 is 1.21 bits per heavy atom. The van der Waals surface area contributed by atoms with Crippen LogP contribution in [0.5, 0.6) is 11.5 Å². The van der Waals surface area contributed by atoms with Crippen molar-refractivity contribution in [2.75, 3.05) is 20.8 Å². The maximum Gasteiger partial charge on any atom is 0.224 e. The first kappa shape index (κ1) is 20.1. The van der Waals surface area contributed by atoms with Crippen LogP contribution in [0.4, 0.5) is 4.39 Å². The van der Waals surface area contributed by atoms with Crippen LogP contribution in [0.3, 0.4) is 0 Å². The van der Waals surface area contributed by atoms with Gasteiger partial charge in [0, 0.05) is 11.5 Å². The molecule has 150 valence electrons. The van der Waals surface area contributed by atoms with Gasteiger partial charge in [0.15, 0.2) is 0 Å². The van der Waals surface area contributed by atoms with Crippen molar-refractivity contribution < 1.29 is 18.7 Å². The van der Waals surface area contributed by atoms with Gasteiger partial charge in [-0.25, -0.2) is 4.39 Å². The number of methoxy groups -OCH3 is 2. The number of rotatable bonds is 7. The van der Waals surface area contributed by atoms with Crippen LogP contribution in [0.15, 0.2) is 42.5 Å². The molecule has 1 unspecified atom stereocenters. The molecule has 0 aliphatic heterocycles. The third-order valence-electron chi connectivity index (χ3n) is 5.52. The van der Waals surface area contributed by atoms with Crippen molar-refractivity contribution in [1.82, 2.24) is 5.32 Å². The average molecular weight is 386 g/mol. The summed E-state index contributed by atoms with van der Waals surface area (Å²) in [6, 6.07) is 11.1. The van der Waals surface area contributed by atoms with E-state index in [4.69, 9.17) is 15.2 Å². The fourth-order valence-corrected chi connectivity index (χ4v) is 4.01. The van der Waals surface area contributed by atoms with Gasteiger partial charge in [0.1, 0.15) is 17.3 Å². The number of hydrogen-bond donors (Lipinski definition) is 2. The quantitative estimate of drug-likeness (QED) is 0.765. The molecule has 0 saturated heterocycles. The van der Waals surface area contributed by atoms with Gasteiger partial charge in [-0.2, -0.15) is 0 Å². The van der Waals surface area contributed by atoms with Crippen molar-refractivity contribution in [2.45, 2.75) is 25.3 Å². The highest BCUT2D eigenvalue weighted by molar-refractivity contribution is 5.80. The second-order valence-electron chi connectivity index (χ2n) is 7.14. The third-order valence-corrected chi connectivity index (χ3v) is 5.52. The summed E-state index contributed by atoms with van der Waals surface area (Å²) in [6.45, 7) is 0.491. The summed E-state index contributed by atoms with van der Waals surface area (Å²) in [5.74, 6) is 0.771. The van der Waals surface area contributed by atoms with Gasteiger partial charge in [0.2, 0.25) is 5.91 Å². The minimum absolute atomic E-state index is 0.0629. The van der Waals surface area contributed by atoms with Gasteiger partial charge in [-0.15, -0.1) is 0 Å². The third kappa shape index (κ3) is 4.28. The maximum absolute atomic E-state index is 14.1. The van der Waals surface area contributed by atoms with Crippen LogP contribution in [0.2, 0.25) is 0 Å². The van der Waals surface area contributed by atoms with Crippen LogP contribution in [0, 0.1) is 17.7 Å². The SMILES string of the molecule is COc1cccc(C(NC(=O)[C@@H]2CCC[C@@H]2CN)c2cc(F)ccc2OC)c1. The van der Waals surface area contributed by atoms with E-state index in [9.17, 15) is 9.18 Å². The Morgan fingerprint density at radius 2 is 2.04 bits per heavy atom. The number of halogens is 1. The molecule has 0 heterocycles. The molecule has 1 aliphatic carbocycles. The first-order chi connectivity index (χ1) is 13.6. The van der Waals surface area contributed by atoms with Crippen LogP contribution in [0.1, 0.15) is 36.4 Å². The van der Waals surface area contributed by atoms with Gasteiger partial charge in [0.25, 0.3) is 0 Å². The predicted molar refractivity (Wildman–Crippen MR) is 106 cm³/mol. The minimum atomic E-state index is -0.563. The van der Waals surface area contributed by atoms with Crippen molar-refractivity contribution in [1.29, 1.82) is 0 Å². The van der Waals surface area contributed by atoms with Crippen LogP contribution < -0.4 is 20.5 Å². The molecule has 1 aliphatic rings. The summed E-state index contributed by atoms with van der Waals surface area (Å²) in [5.41, 5.74) is 7.20. The molecular weight excluding hydrogens is 359 g/mol. The van der Waals surface area contributed by atoms with Crippen molar-refractivity contribution in [2.24, 2.45) is 17.6 Å². The Kier molecular flexibility index (Phi) is 6.52. The Labute approximate surface area is 165 Å². The number of hydrogen-bond acceptors (Lipinski definition) is 4. The lowest BCUT2D eigenvalue weighted by Crippen LogP contribution is -2.37. The molecule has 6 heteroatoms. The summed E-state index contributed by atoms with van der Waals surface area (Å²) < 4.78 is 24.8. The van der Waals surface area contributed by atoms with E-state index in [1.165, 1.54) is 19.2 Å². The maximum atomic E-state index is 14.1. The van der Waals surface area contributed by atoms with E-state index in [-0.39, 0.29) is 17.7 Å². The highest BCUT2D eigenvalue weighted by atomic mass is 19.1. The lowest BCUT2D eigenvalue weighted by molar-refractivity contribution is -0.126. The zero-order valence-corrected chi connectivity index (χ0v) is 16.3. The van der Waals surface area contributed by atoms with Gasteiger partial charge < -0.3 is 20.5 Å². The Balaban J connectivity index is 2.00. The van der Waals surface area contributed by atoms with Gasteiger partial charge in [-0.05, 0) is 61.2 Å². The molecule has 0 spiro atoms. The molecule has 3 rings (SSSR count). The fourth-order valence-electron chi connectivity index (χ4n) is 4.01. The van der Waals surface area contributed by atoms with E-state index in [0.717, 1.165) is 24.8 Å². The van der Waals surface area contributed by atoms with Crippen molar-refractivity contribution in [3.05, 3.63) is 59.4 Å². The van der Waals surface area contributed by atoms with E-state index in [2.05, 4.69) is 5.32 Å². The van der Waals surface area contributed by atoms with Gasteiger partial charge >= 0.3 is 0 Å². The molecular formula is C22H27FN2O3. The van der Waals surface area contributed by atoms with Crippen LogP contribution in [-0.2, 0) is 4.79 Å². The van der Waals surface area contributed by atoms with Crippen molar-refractivity contribution >= 4 is 5.91 Å². The monoisotopic (exact) mass is 386 g/mol. The van der Waals surface area contributed by atoms with E-state index in [1.54, 1.807) is 13.2 Å². The average Bonchev–Trinajstić information content (AvgIpc) is 3.21. The van der Waals surface area contributed by atoms with Crippen molar-refractivity contribution in [3.63, 3.8) is 0 Å². The molecule has 0 radical (unpaired) electrons. The second kappa shape index (κ2) is 9.06. The lowest BCUT2D eigenvalue weighted by Gasteiger charge is -2.25. The molecule has 28 heavy (non-hydrogen) atoms. The van der Waals surface area contributed by atoms with Crippen LogP contribution >= 0.6 is 0 Å². The molecule has 2 aromatic carbocycles. The fraction of sp³-hybridized carbons (Fsp3) is 0.409. The number of carbonyl (C=O) groups excluding carboxylic acids is 1. The highest BCUT2D eigenvalue weighted by Crippen LogP contribution is 2.35. The van der Waals surface area contributed by atoms with Crippen molar-refractivity contribution in [3.8, 4) is 11.5 Å². The number of nitrogens with one attached hydrogen (secondary N) is 1. The second-order valence-corrected chi connectivity index (χ2v) is 7.14. The number of carbonyl (C=O) groups is 1. The molecule has 1 amide bonds. The normalized spacial score (nSPS) is 19.9. The smallest absolute Gasteiger partial charge is 0.224 e. The van der Waals surface area contributed by atoms with E-state index in [0.29, 0.717) is 23.6 Å². The van der Waals surface area contributed by atoms with Crippen LogP contribution in [0.25, 0.3) is 0 Å². The molecule has 0 bridgehead atoms. The van der Waals surface area contributed by atoms with Gasteiger partial charge in [-0.1, -0.05) is 18.6 Å². The minimum Gasteiger partial charge on any atom is -0.497 e. The Hall–Kier alpha value is -2.60. The number of ether oxygens (including phenoxy) is 2. The van der Waals surface area contributed by atoms with E-state index < -0.39 is 11.9 Å². The number of nitrogens with two attached hydrogens (primary N) is 1. The molecule has 2 aromatic rings. The first-order valence-electron chi connectivity index (χ1n) is 9.55. The molecule has 3 N–H and O–H groups in total. The van der Waals surface area contributed by atoms with Crippen LogP contribution in [-0.4, -0.2) is 26.7 Å². The molecule has 1 fully saturated rings. The highest BCUT2D eigenvalue weighted by Gasteiger charge is 2.34. The zero-order valence-electron chi connectivity index (χ0n) is 16.3. The largest absolute Gasteiger partial charge is 0.497 e. The van der Waals surface area contributed by atoms with E-state index in [1.807, 2.05) is 24.3 Å². The van der Waals surface area contributed by atoms with E-state index >= 15 is 0 Å². The summed E-state index contributed by atoms with van der Waals surface area (Å²) in [4.78, 5) is 13.1. The Bertz CT molecular complexity index is 827. The molecule has 3 atom stereocenters. The molecule has 1 saturated carbocycles. The summed E-state index contributed by atoms with van der Waals surface area (Å²) in [5, 5.41) is 3.11. The first-order valence-corrected chi connectivity index (χ1v) is 9.55. The summed E-state index contributed by atoms with van der Waals surface area (Å²) in [6.07, 6.45) is 2.77. The predicted octanol–water partition coefficient (Wildman–Crippen LogP) is 3.42. The molecule has 5 nitrogen and oxygen atoms in total. The number of amides is 1. The lowest BCUT2D eigenvalue weighted by atomic mass is 9.92. The topological polar surface area (TPSA) is 73.6 Å². The zero-order chi connectivity index (χ0) is 20.1. The van der Waals surface area contributed by atoms with Gasteiger partial charge in [-0.3, -0.25) is 4.79 Å². The standard InChI is InChI=1S/C22H27FN2O3/c1-27-17-7-3-5-14(11-17)21(19-12-16(23)9-10-20(19)28-2)25-22(26)18-8-4-6-15(18)13-24/h3,5,7,9-12,15,18,21H,4,6,8,13,24H2,1-2H3,(H,25,26)/t15-,18-,21?/m1/s1. The summed E-state index contributed by atoms with van der Waals surface area (Å²) >= 11 is 0. The Morgan fingerprint density at radius 3 is 2.75 bits per heavy atom. The van der Waals surface area contributed by atoms with Gasteiger partial charge in [0.05, 0.1) is 20.3 Å². The number of benzene rings is 2.